The van der Waals surface area contributed by atoms with Crippen LogP contribution in [-0.2, 0) is 0 Å². The van der Waals surface area contributed by atoms with E-state index < -0.39 is 0 Å². The molecule has 0 N–H and O–H groups in total. The Hall–Kier alpha value is -1.77. The third kappa shape index (κ3) is 3.91. The first-order valence-corrected chi connectivity index (χ1v) is 6.21. The largest absolute Gasteiger partial charge is 0.490 e. The SMILES string of the molecule is C=CCCOc1c(OCCC)cccc1C(C)=O. The first-order valence-electron chi connectivity index (χ1n) is 6.21. The highest BCUT2D eigenvalue weighted by Crippen LogP contribution is 2.32. The molecule has 0 saturated carbocycles. The lowest BCUT2D eigenvalue weighted by Crippen LogP contribution is -2.06. The molecule has 3 heteroatoms. The molecule has 0 aromatic heterocycles. The summed E-state index contributed by atoms with van der Waals surface area (Å²) in [7, 11) is 0. The van der Waals surface area contributed by atoms with Crippen LogP contribution in [0.25, 0.3) is 0 Å². The predicted octanol–water partition coefficient (Wildman–Crippen LogP) is 3.63. The number of para-hydroxylation sites is 1. The fraction of sp³-hybridized carbons (Fsp3) is 0.400. The lowest BCUT2D eigenvalue weighted by molar-refractivity contribution is 0.101. The van der Waals surface area contributed by atoms with Gasteiger partial charge in [-0.2, -0.15) is 0 Å². The zero-order valence-corrected chi connectivity index (χ0v) is 11.1. The molecule has 0 fully saturated rings. The van der Waals surface area contributed by atoms with Crippen molar-refractivity contribution in [3.8, 4) is 11.5 Å². The van der Waals surface area contributed by atoms with Crippen LogP contribution in [0.1, 0.15) is 37.0 Å². The highest BCUT2D eigenvalue weighted by atomic mass is 16.5. The third-order valence-electron chi connectivity index (χ3n) is 2.39. The van der Waals surface area contributed by atoms with Gasteiger partial charge in [0.15, 0.2) is 17.3 Å². The highest BCUT2D eigenvalue weighted by Gasteiger charge is 2.14. The summed E-state index contributed by atoms with van der Waals surface area (Å²) in [5.41, 5.74) is 0.563. The number of carbonyl (C=O) groups is 1. The molecule has 1 aromatic rings. The van der Waals surface area contributed by atoms with Crippen LogP contribution < -0.4 is 9.47 Å². The van der Waals surface area contributed by atoms with Crippen LogP contribution >= 0.6 is 0 Å². The minimum atomic E-state index is -0.0226. The topological polar surface area (TPSA) is 35.5 Å². The van der Waals surface area contributed by atoms with Crippen molar-refractivity contribution in [3.05, 3.63) is 36.4 Å². The van der Waals surface area contributed by atoms with E-state index in [1.807, 2.05) is 19.1 Å². The first-order chi connectivity index (χ1) is 8.70. The number of ketones is 1. The minimum Gasteiger partial charge on any atom is -0.490 e. The average Bonchev–Trinajstić information content (AvgIpc) is 2.37. The number of carbonyl (C=O) groups excluding carboxylic acids is 1. The van der Waals surface area contributed by atoms with Gasteiger partial charge in [-0.05, 0) is 31.9 Å². The summed E-state index contributed by atoms with van der Waals surface area (Å²) in [6.07, 6.45) is 3.43. The van der Waals surface area contributed by atoms with Gasteiger partial charge >= 0.3 is 0 Å². The average molecular weight is 248 g/mol. The first kappa shape index (κ1) is 14.3. The second-order valence-corrected chi connectivity index (χ2v) is 3.96. The predicted molar refractivity (Wildman–Crippen MR) is 72.5 cm³/mol. The number of rotatable bonds is 8. The van der Waals surface area contributed by atoms with Crippen LogP contribution in [-0.4, -0.2) is 19.0 Å². The molecular weight excluding hydrogens is 228 g/mol. The van der Waals surface area contributed by atoms with E-state index in [9.17, 15) is 4.79 Å². The Morgan fingerprint density at radius 1 is 1.33 bits per heavy atom. The highest BCUT2D eigenvalue weighted by molar-refractivity contribution is 5.97. The molecule has 18 heavy (non-hydrogen) atoms. The fourth-order valence-electron chi connectivity index (χ4n) is 1.51. The lowest BCUT2D eigenvalue weighted by Gasteiger charge is -2.14. The molecule has 98 valence electrons. The molecule has 0 aliphatic heterocycles. The van der Waals surface area contributed by atoms with Crippen molar-refractivity contribution < 1.29 is 14.3 Å². The number of Topliss-reactive ketones (excluding diaryl/α,β-unsaturated/α-hetero) is 1. The van der Waals surface area contributed by atoms with Gasteiger partial charge in [-0.3, -0.25) is 4.79 Å². The summed E-state index contributed by atoms with van der Waals surface area (Å²) in [6, 6.07) is 5.39. The van der Waals surface area contributed by atoms with E-state index in [2.05, 4.69) is 6.58 Å². The molecule has 0 heterocycles. The van der Waals surface area contributed by atoms with Crippen LogP contribution in [0, 0.1) is 0 Å². The number of ether oxygens (including phenoxy) is 2. The van der Waals surface area contributed by atoms with Gasteiger partial charge in [0.1, 0.15) is 0 Å². The number of benzene rings is 1. The summed E-state index contributed by atoms with van der Waals surface area (Å²) >= 11 is 0. The van der Waals surface area contributed by atoms with E-state index in [1.54, 1.807) is 12.1 Å². The zero-order valence-electron chi connectivity index (χ0n) is 11.1. The number of hydrogen-bond donors (Lipinski definition) is 0. The van der Waals surface area contributed by atoms with Crippen molar-refractivity contribution in [2.75, 3.05) is 13.2 Å². The van der Waals surface area contributed by atoms with E-state index in [1.165, 1.54) is 6.92 Å². The Morgan fingerprint density at radius 3 is 2.72 bits per heavy atom. The van der Waals surface area contributed by atoms with Crippen LogP contribution in [0.15, 0.2) is 30.9 Å². The van der Waals surface area contributed by atoms with E-state index >= 15 is 0 Å². The van der Waals surface area contributed by atoms with E-state index in [0.717, 1.165) is 12.8 Å². The Balaban J connectivity index is 2.96. The van der Waals surface area contributed by atoms with Gasteiger partial charge in [-0.1, -0.05) is 19.1 Å². The molecule has 0 radical (unpaired) electrons. The second-order valence-electron chi connectivity index (χ2n) is 3.96. The van der Waals surface area contributed by atoms with Crippen LogP contribution in [0.3, 0.4) is 0 Å². The van der Waals surface area contributed by atoms with Gasteiger partial charge in [0.05, 0.1) is 18.8 Å². The molecule has 0 aliphatic rings. The quantitative estimate of drug-likeness (QED) is 0.400. The van der Waals surface area contributed by atoms with Gasteiger partial charge in [0.25, 0.3) is 0 Å². The molecule has 0 aliphatic carbocycles. The maximum atomic E-state index is 11.6. The summed E-state index contributed by atoms with van der Waals surface area (Å²) < 4.78 is 11.3. The molecule has 0 saturated heterocycles. The molecule has 0 unspecified atom stereocenters. The third-order valence-corrected chi connectivity index (χ3v) is 2.39. The van der Waals surface area contributed by atoms with E-state index in [0.29, 0.717) is 30.3 Å². The van der Waals surface area contributed by atoms with Gasteiger partial charge in [-0.15, -0.1) is 6.58 Å². The molecule has 0 atom stereocenters. The van der Waals surface area contributed by atoms with Crippen molar-refractivity contribution in [2.24, 2.45) is 0 Å². The van der Waals surface area contributed by atoms with Crippen molar-refractivity contribution in [2.45, 2.75) is 26.7 Å². The normalized spacial score (nSPS) is 9.89. The Labute approximate surface area is 108 Å². The van der Waals surface area contributed by atoms with Crippen LogP contribution in [0.4, 0.5) is 0 Å². The summed E-state index contributed by atoms with van der Waals surface area (Å²) in [5.74, 6) is 1.15. The van der Waals surface area contributed by atoms with Crippen LogP contribution in [0.5, 0.6) is 11.5 Å². The fourth-order valence-corrected chi connectivity index (χ4v) is 1.51. The molecular formula is C15H20O3. The van der Waals surface area contributed by atoms with E-state index in [4.69, 9.17) is 9.47 Å². The molecule has 3 nitrogen and oxygen atoms in total. The Morgan fingerprint density at radius 2 is 2.11 bits per heavy atom. The van der Waals surface area contributed by atoms with Gasteiger partial charge in [-0.25, -0.2) is 0 Å². The molecule has 0 spiro atoms. The van der Waals surface area contributed by atoms with Crippen molar-refractivity contribution in [3.63, 3.8) is 0 Å². The lowest BCUT2D eigenvalue weighted by atomic mass is 10.1. The second kappa shape index (κ2) is 7.54. The van der Waals surface area contributed by atoms with Crippen molar-refractivity contribution >= 4 is 5.78 Å². The van der Waals surface area contributed by atoms with Gasteiger partial charge in [0, 0.05) is 0 Å². The Kier molecular flexibility index (Phi) is 5.98. The smallest absolute Gasteiger partial charge is 0.171 e. The van der Waals surface area contributed by atoms with Crippen molar-refractivity contribution in [1.82, 2.24) is 0 Å². The molecule has 0 bridgehead atoms. The summed E-state index contributed by atoms with van der Waals surface area (Å²) in [6.45, 7) is 8.31. The van der Waals surface area contributed by atoms with Gasteiger partial charge in [0.2, 0.25) is 0 Å². The van der Waals surface area contributed by atoms with E-state index in [-0.39, 0.29) is 5.78 Å². The molecule has 1 aromatic carbocycles. The standard InChI is InChI=1S/C15H20O3/c1-4-6-11-18-15-13(12(3)16)8-7-9-14(15)17-10-5-2/h4,7-9H,1,5-6,10-11H2,2-3H3. The molecule has 1 rings (SSSR count). The van der Waals surface area contributed by atoms with Crippen LogP contribution in [0.2, 0.25) is 0 Å². The maximum Gasteiger partial charge on any atom is 0.171 e. The minimum absolute atomic E-state index is 0.0226. The summed E-state index contributed by atoms with van der Waals surface area (Å²) in [4.78, 5) is 11.6. The van der Waals surface area contributed by atoms with Gasteiger partial charge < -0.3 is 9.47 Å². The van der Waals surface area contributed by atoms with Crippen molar-refractivity contribution in [1.29, 1.82) is 0 Å². The summed E-state index contributed by atoms with van der Waals surface area (Å²) in [5, 5.41) is 0. The maximum absolute atomic E-state index is 11.6. The number of hydrogen-bond acceptors (Lipinski definition) is 3. The monoisotopic (exact) mass is 248 g/mol. The molecule has 0 amide bonds. The Bertz CT molecular complexity index is 410. The zero-order chi connectivity index (χ0) is 13.4.